The first-order valence-electron chi connectivity index (χ1n) is 10.1. The van der Waals surface area contributed by atoms with Gasteiger partial charge < -0.3 is 0 Å². The van der Waals surface area contributed by atoms with Crippen molar-refractivity contribution in [3.8, 4) is 5.69 Å². The number of anilines is 1. The molecule has 0 unspecified atom stereocenters. The van der Waals surface area contributed by atoms with Gasteiger partial charge in [-0.05, 0) is 25.5 Å². The molecule has 0 bridgehead atoms. The first kappa shape index (κ1) is 25.0. The monoisotopic (exact) mass is 532 g/mol. The predicted octanol–water partition coefficient (Wildman–Crippen LogP) is 5.48. The maximum atomic E-state index is 14.7. The number of aromatic nitrogens is 4. The second-order valence-corrected chi connectivity index (χ2v) is 8.23. The largest absolute Gasteiger partial charge is 0.434 e. The lowest BCUT2D eigenvalue weighted by atomic mass is 9.99. The lowest BCUT2D eigenvalue weighted by Crippen LogP contribution is -2.18. The molecule has 4 rings (SSSR count). The van der Waals surface area contributed by atoms with E-state index in [1.165, 1.54) is 6.92 Å². The summed E-state index contributed by atoms with van der Waals surface area (Å²) in [7, 11) is 0. The van der Waals surface area contributed by atoms with Crippen molar-refractivity contribution >= 4 is 40.8 Å². The number of nitrogens with one attached hydrogen (secondary N) is 1. The van der Waals surface area contributed by atoms with Crippen LogP contribution in [0.5, 0.6) is 0 Å². The third kappa shape index (κ3) is 4.72. The van der Waals surface area contributed by atoms with Crippen molar-refractivity contribution in [1.29, 1.82) is 0 Å². The van der Waals surface area contributed by atoms with Crippen LogP contribution in [0.25, 0.3) is 5.69 Å². The molecule has 0 aliphatic carbocycles. The molecule has 3 aromatic rings. The molecular weight excluding hydrogens is 518 g/mol. The minimum Gasteiger partial charge on any atom is -0.293 e. The van der Waals surface area contributed by atoms with E-state index in [-0.39, 0.29) is 29.8 Å². The molecule has 0 spiro atoms. The topological polar surface area (TPSA) is 85.1 Å². The Labute approximate surface area is 205 Å². The summed E-state index contributed by atoms with van der Waals surface area (Å²) in [6.07, 6.45) is -3.65. The van der Waals surface area contributed by atoms with E-state index in [1.54, 1.807) is 0 Å². The maximum Gasteiger partial charge on any atom is 0.434 e. The van der Waals surface area contributed by atoms with Crippen LogP contribution in [-0.4, -0.2) is 37.2 Å². The van der Waals surface area contributed by atoms with E-state index < -0.39 is 57.3 Å². The van der Waals surface area contributed by atoms with Gasteiger partial charge in [0, 0.05) is 17.9 Å². The fourth-order valence-electron chi connectivity index (χ4n) is 3.53. The van der Waals surface area contributed by atoms with Gasteiger partial charge in [-0.2, -0.15) is 18.2 Å². The highest BCUT2D eigenvalue weighted by Gasteiger charge is 2.40. The summed E-state index contributed by atoms with van der Waals surface area (Å²) in [5.74, 6) is -2.35. The van der Waals surface area contributed by atoms with Crippen LogP contribution in [0, 0.1) is 11.6 Å². The predicted molar refractivity (Wildman–Crippen MR) is 118 cm³/mol. The zero-order chi connectivity index (χ0) is 25.5. The molecule has 14 heteroatoms. The Morgan fingerprint density at radius 2 is 1.89 bits per heavy atom. The van der Waals surface area contributed by atoms with Crippen molar-refractivity contribution in [3.05, 3.63) is 63.7 Å². The molecule has 184 valence electrons. The maximum absolute atomic E-state index is 14.7. The van der Waals surface area contributed by atoms with Gasteiger partial charge in [-0.1, -0.05) is 17.7 Å². The summed E-state index contributed by atoms with van der Waals surface area (Å²) in [5, 5.41) is 5.71. The van der Waals surface area contributed by atoms with Gasteiger partial charge in [-0.3, -0.25) is 15.1 Å². The van der Waals surface area contributed by atoms with Crippen LogP contribution < -0.4 is 5.32 Å². The molecular formula is C21H15Cl2F5N6O. The number of aliphatic imine (C=N–C) groups is 1. The number of carbonyl (C=O) groups is 1. The second-order valence-electron chi connectivity index (χ2n) is 7.48. The average Bonchev–Trinajstić information content (AvgIpc) is 3.15. The molecule has 0 radical (unpaired) electrons. The highest BCUT2D eigenvalue weighted by atomic mass is 35.5. The van der Waals surface area contributed by atoms with Crippen LogP contribution in [-0.2, 0) is 11.0 Å². The van der Waals surface area contributed by atoms with Crippen LogP contribution in [0.1, 0.15) is 48.5 Å². The number of alkyl halides is 4. The van der Waals surface area contributed by atoms with Crippen molar-refractivity contribution in [2.45, 2.75) is 32.0 Å². The highest BCUT2D eigenvalue weighted by Crippen LogP contribution is 2.40. The highest BCUT2D eigenvalue weighted by molar-refractivity contribution is 6.37. The Morgan fingerprint density at radius 1 is 1.20 bits per heavy atom. The first-order chi connectivity index (χ1) is 16.5. The molecule has 2 aromatic heterocycles. The van der Waals surface area contributed by atoms with Gasteiger partial charge in [0.2, 0.25) is 11.9 Å². The summed E-state index contributed by atoms with van der Waals surface area (Å²) < 4.78 is 71.3. The van der Waals surface area contributed by atoms with Gasteiger partial charge in [0.15, 0.2) is 11.5 Å². The van der Waals surface area contributed by atoms with Crippen molar-refractivity contribution in [1.82, 2.24) is 19.7 Å². The van der Waals surface area contributed by atoms with Gasteiger partial charge in [-0.25, -0.2) is 18.4 Å². The SMILES string of the molecule is C[C@@H]1N=C(c2c(F)cccc2F)c2c(cnc(C(F)(F)F)c2Cl)-n2nc(NC(=O)CCCCl)nc21. The quantitative estimate of drug-likeness (QED) is 0.348. The summed E-state index contributed by atoms with van der Waals surface area (Å²) in [6, 6.07) is 2.04. The molecule has 0 saturated carbocycles. The standard InChI is InChI=1S/C21H15Cl2F5N6O/c1-9-19-32-20(31-13(35)6-3-7-22)33-34(19)12-8-29-18(21(26,27)28)16(23)15(12)17(30-9)14-10(24)4-2-5-11(14)25/h2,4-5,8-9H,3,6-7H2,1H3,(H,31,33,35)/t9-/m0/s1. The average molecular weight is 533 g/mol. The fraction of sp³-hybridized carbons (Fsp3) is 0.286. The molecule has 1 aliphatic rings. The number of amides is 1. The smallest absolute Gasteiger partial charge is 0.293 e. The van der Waals surface area contributed by atoms with E-state index in [2.05, 4.69) is 25.4 Å². The number of hydrogen-bond acceptors (Lipinski definition) is 5. The fourth-order valence-corrected chi connectivity index (χ4v) is 4.01. The Morgan fingerprint density at radius 3 is 2.51 bits per heavy atom. The third-order valence-corrected chi connectivity index (χ3v) is 5.69. The Kier molecular flexibility index (Phi) is 6.78. The zero-order valence-electron chi connectivity index (χ0n) is 17.8. The van der Waals surface area contributed by atoms with Crippen molar-refractivity contribution < 1.29 is 26.7 Å². The van der Waals surface area contributed by atoms with Crippen LogP contribution in [0.2, 0.25) is 5.02 Å². The summed E-state index contributed by atoms with van der Waals surface area (Å²) >= 11 is 11.7. The van der Waals surface area contributed by atoms with E-state index in [0.29, 0.717) is 6.42 Å². The Hall–Kier alpha value is -3.12. The van der Waals surface area contributed by atoms with Crippen LogP contribution in [0.15, 0.2) is 29.4 Å². The molecule has 1 amide bonds. The molecule has 7 nitrogen and oxygen atoms in total. The molecule has 0 saturated heterocycles. The van der Waals surface area contributed by atoms with E-state index in [0.717, 1.165) is 29.1 Å². The molecule has 1 aliphatic heterocycles. The molecule has 35 heavy (non-hydrogen) atoms. The second kappa shape index (κ2) is 9.50. The van der Waals surface area contributed by atoms with E-state index >= 15 is 0 Å². The first-order valence-corrected chi connectivity index (χ1v) is 11.1. The van der Waals surface area contributed by atoms with Crippen molar-refractivity contribution in [2.24, 2.45) is 4.99 Å². The van der Waals surface area contributed by atoms with E-state index in [4.69, 9.17) is 23.2 Å². The summed E-state index contributed by atoms with van der Waals surface area (Å²) in [6.45, 7) is 1.50. The summed E-state index contributed by atoms with van der Waals surface area (Å²) in [4.78, 5) is 24.0. The van der Waals surface area contributed by atoms with Crippen molar-refractivity contribution in [2.75, 3.05) is 11.2 Å². The number of rotatable bonds is 5. The number of pyridine rings is 1. The van der Waals surface area contributed by atoms with Gasteiger partial charge in [-0.15, -0.1) is 16.7 Å². The van der Waals surface area contributed by atoms with Gasteiger partial charge >= 0.3 is 6.18 Å². The van der Waals surface area contributed by atoms with E-state index in [9.17, 15) is 26.7 Å². The van der Waals surface area contributed by atoms with Crippen molar-refractivity contribution in [3.63, 3.8) is 0 Å². The number of benzene rings is 1. The normalized spacial score (nSPS) is 15.2. The van der Waals surface area contributed by atoms with E-state index in [1.807, 2.05) is 0 Å². The Balaban J connectivity index is 1.96. The number of nitrogens with zero attached hydrogens (tertiary/aromatic N) is 5. The van der Waals surface area contributed by atoms with Crippen LogP contribution in [0.3, 0.4) is 0 Å². The van der Waals surface area contributed by atoms with Gasteiger partial charge in [0.1, 0.15) is 17.7 Å². The van der Waals surface area contributed by atoms with Crippen LogP contribution >= 0.6 is 23.2 Å². The van der Waals surface area contributed by atoms with Crippen LogP contribution in [0.4, 0.5) is 27.9 Å². The lowest BCUT2D eigenvalue weighted by Gasteiger charge is -2.17. The Bertz CT molecular complexity index is 1320. The lowest BCUT2D eigenvalue weighted by molar-refractivity contribution is -0.141. The third-order valence-electron chi connectivity index (χ3n) is 5.05. The van der Waals surface area contributed by atoms with Gasteiger partial charge in [0.25, 0.3) is 0 Å². The molecule has 1 aromatic carbocycles. The molecule has 1 atom stereocenters. The molecule has 0 fully saturated rings. The number of fused-ring (bicyclic) bond motifs is 3. The number of halogens is 7. The molecule has 1 N–H and O–H groups in total. The minimum atomic E-state index is -4.96. The summed E-state index contributed by atoms with van der Waals surface area (Å²) in [5.41, 5.74) is -3.18. The zero-order valence-corrected chi connectivity index (χ0v) is 19.3. The minimum absolute atomic E-state index is 0.0725. The molecule has 3 heterocycles. The number of hydrogen-bond donors (Lipinski definition) is 1. The number of carbonyl (C=O) groups excluding carboxylic acids is 1. The van der Waals surface area contributed by atoms with Gasteiger partial charge in [0.05, 0.1) is 28.2 Å².